The Hall–Kier alpha value is -2.24. The maximum Gasteiger partial charge on any atom is 0.420 e. The molecule has 3 nitrogen and oxygen atoms in total. The van der Waals surface area contributed by atoms with E-state index in [1.807, 2.05) is 0 Å². The molecule has 6 heteroatoms. The van der Waals surface area contributed by atoms with E-state index >= 15 is 0 Å². The van der Waals surface area contributed by atoms with E-state index in [0.29, 0.717) is 16.9 Å². The minimum atomic E-state index is -4.55. The third kappa shape index (κ3) is 4.11. The number of carboxylic acids is 1. The van der Waals surface area contributed by atoms with Crippen LogP contribution in [0.15, 0.2) is 30.3 Å². The largest absolute Gasteiger partial charge is 0.490 e. The first kappa shape index (κ1) is 18.5. The van der Waals surface area contributed by atoms with Gasteiger partial charge in [0.25, 0.3) is 0 Å². The van der Waals surface area contributed by atoms with Gasteiger partial charge >= 0.3 is 12.1 Å². The van der Waals surface area contributed by atoms with Gasteiger partial charge in [-0.2, -0.15) is 13.2 Å². The number of hydrogen-bond donors (Lipinski definition) is 1. The average molecular weight is 366 g/mol. The molecule has 0 saturated heterocycles. The molecule has 0 aliphatic heterocycles. The topological polar surface area (TPSA) is 46.5 Å². The van der Waals surface area contributed by atoms with Gasteiger partial charge in [0, 0.05) is 0 Å². The van der Waals surface area contributed by atoms with Crippen molar-refractivity contribution in [1.29, 1.82) is 0 Å². The van der Waals surface area contributed by atoms with Crippen LogP contribution in [0, 0.1) is 5.92 Å². The number of fused-ring (bicyclic) bond motifs is 1. The minimum absolute atomic E-state index is 0.0355. The van der Waals surface area contributed by atoms with Gasteiger partial charge in [-0.25, -0.2) is 0 Å². The molecule has 0 bridgehead atoms. The molecule has 3 rings (SSSR count). The molecule has 1 saturated carbocycles. The fraction of sp³-hybridized carbons (Fsp3) is 0.450. The van der Waals surface area contributed by atoms with E-state index in [-0.39, 0.29) is 23.7 Å². The molecule has 1 aliphatic carbocycles. The van der Waals surface area contributed by atoms with Crippen LogP contribution in [0.2, 0.25) is 0 Å². The molecule has 140 valence electrons. The SMILES string of the molecule is C[C@H]1CC[C@@H](Oc2ccc3cc(CC(=O)O)ccc3c2C(F)(F)F)CC1. The highest BCUT2D eigenvalue weighted by Crippen LogP contribution is 2.42. The molecule has 0 radical (unpaired) electrons. The number of aliphatic carboxylic acids is 1. The number of rotatable bonds is 4. The molecule has 0 amide bonds. The Balaban J connectivity index is 1.99. The maximum absolute atomic E-state index is 13.7. The lowest BCUT2D eigenvalue weighted by atomic mass is 9.89. The molecule has 0 aromatic heterocycles. The van der Waals surface area contributed by atoms with E-state index in [9.17, 15) is 18.0 Å². The summed E-state index contributed by atoms with van der Waals surface area (Å²) in [5, 5.41) is 9.27. The molecule has 2 aromatic carbocycles. The van der Waals surface area contributed by atoms with Crippen molar-refractivity contribution in [2.75, 3.05) is 0 Å². The predicted molar refractivity (Wildman–Crippen MR) is 92.3 cm³/mol. The minimum Gasteiger partial charge on any atom is -0.490 e. The first-order valence-electron chi connectivity index (χ1n) is 8.75. The third-order valence-corrected chi connectivity index (χ3v) is 4.94. The monoisotopic (exact) mass is 366 g/mol. The molecule has 1 aliphatic rings. The standard InChI is InChI=1S/C20H21F3O3/c1-12-2-6-15(7-3-12)26-17-9-5-14-10-13(11-18(24)25)4-8-16(14)19(17)20(21,22)23/h4-5,8-10,12,15H,2-3,6-7,11H2,1H3,(H,24,25)/t12-,15+. The Labute approximate surface area is 149 Å². The van der Waals surface area contributed by atoms with Crippen molar-refractivity contribution in [2.45, 2.75) is 51.3 Å². The zero-order chi connectivity index (χ0) is 18.9. The average Bonchev–Trinajstić information content (AvgIpc) is 2.55. The van der Waals surface area contributed by atoms with Crippen LogP contribution < -0.4 is 4.74 Å². The Morgan fingerprint density at radius 3 is 2.46 bits per heavy atom. The van der Waals surface area contributed by atoms with Crippen LogP contribution in [0.25, 0.3) is 10.8 Å². The third-order valence-electron chi connectivity index (χ3n) is 4.94. The van der Waals surface area contributed by atoms with Crippen molar-refractivity contribution < 1.29 is 27.8 Å². The van der Waals surface area contributed by atoms with Gasteiger partial charge in [-0.15, -0.1) is 0 Å². The highest BCUT2D eigenvalue weighted by molar-refractivity contribution is 5.89. The summed E-state index contributed by atoms with van der Waals surface area (Å²) in [6.45, 7) is 2.14. The number of halogens is 3. The Morgan fingerprint density at radius 1 is 1.15 bits per heavy atom. The van der Waals surface area contributed by atoms with Crippen LogP contribution in [-0.2, 0) is 17.4 Å². The normalized spacial score (nSPS) is 20.9. The summed E-state index contributed by atoms with van der Waals surface area (Å²) < 4.78 is 46.9. The van der Waals surface area contributed by atoms with Gasteiger partial charge in [0.05, 0.1) is 12.5 Å². The van der Waals surface area contributed by atoms with Gasteiger partial charge in [-0.1, -0.05) is 31.2 Å². The molecule has 2 aromatic rings. The van der Waals surface area contributed by atoms with Gasteiger partial charge in [-0.3, -0.25) is 4.79 Å². The lowest BCUT2D eigenvalue weighted by Crippen LogP contribution is -2.24. The first-order chi connectivity index (χ1) is 12.2. The second kappa shape index (κ2) is 7.17. The number of carbonyl (C=O) groups is 1. The Kier molecular flexibility index (Phi) is 5.12. The van der Waals surface area contributed by atoms with Crippen LogP contribution >= 0.6 is 0 Å². The molecule has 0 unspecified atom stereocenters. The molecular formula is C20H21F3O3. The maximum atomic E-state index is 13.7. The van der Waals surface area contributed by atoms with Crippen molar-refractivity contribution in [3.8, 4) is 5.75 Å². The lowest BCUT2D eigenvalue weighted by molar-refractivity contribution is -0.138. The summed E-state index contributed by atoms with van der Waals surface area (Å²) in [5.41, 5.74) is -0.316. The van der Waals surface area contributed by atoms with Crippen LogP contribution in [0.5, 0.6) is 5.75 Å². The van der Waals surface area contributed by atoms with Gasteiger partial charge in [0.1, 0.15) is 11.3 Å². The van der Waals surface area contributed by atoms with E-state index in [1.165, 1.54) is 24.3 Å². The van der Waals surface area contributed by atoms with Crippen LogP contribution in [0.3, 0.4) is 0 Å². The highest BCUT2D eigenvalue weighted by atomic mass is 19.4. The fourth-order valence-corrected chi connectivity index (χ4v) is 3.56. The molecule has 0 heterocycles. The second-order valence-electron chi connectivity index (χ2n) is 7.06. The number of benzene rings is 2. The van der Waals surface area contributed by atoms with Crippen molar-refractivity contribution in [3.05, 3.63) is 41.5 Å². The molecule has 0 spiro atoms. The molecule has 1 fully saturated rings. The first-order valence-corrected chi connectivity index (χ1v) is 8.75. The quantitative estimate of drug-likeness (QED) is 0.783. The van der Waals surface area contributed by atoms with E-state index in [0.717, 1.165) is 25.7 Å². The molecular weight excluding hydrogens is 345 g/mol. The highest BCUT2D eigenvalue weighted by Gasteiger charge is 2.37. The lowest BCUT2D eigenvalue weighted by Gasteiger charge is -2.28. The van der Waals surface area contributed by atoms with E-state index in [2.05, 4.69) is 6.92 Å². The summed E-state index contributed by atoms with van der Waals surface area (Å²) in [7, 11) is 0. The summed E-state index contributed by atoms with van der Waals surface area (Å²) in [6.07, 6.45) is -1.55. The number of ether oxygens (including phenoxy) is 1. The summed E-state index contributed by atoms with van der Waals surface area (Å²) >= 11 is 0. The van der Waals surface area contributed by atoms with Crippen LogP contribution in [0.4, 0.5) is 13.2 Å². The van der Waals surface area contributed by atoms with E-state index in [1.54, 1.807) is 6.07 Å². The number of carboxylic acid groups (broad SMARTS) is 1. The fourth-order valence-electron chi connectivity index (χ4n) is 3.56. The van der Waals surface area contributed by atoms with Crippen molar-refractivity contribution >= 4 is 16.7 Å². The smallest absolute Gasteiger partial charge is 0.420 e. The van der Waals surface area contributed by atoms with E-state index < -0.39 is 17.7 Å². The molecule has 26 heavy (non-hydrogen) atoms. The predicted octanol–water partition coefficient (Wildman–Crippen LogP) is 5.44. The Morgan fingerprint density at radius 2 is 1.85 bits per heavy atom. The van der Waals surface area contributed by atoms with Crippen molar-refractivity contribution in [2.24, 2.45) is 5.92 Å². The number of hydrogen-bond acceptors (Lipinski definition) is 2. The van der Waals surface area contributed by atoms with Gasteiger partial charge in [-0.05, 0) is 54.0 Å². The summed E-state index contributed by atoms with van der Waals surface area (Å²) in [6, 6.07) is 7.18. The van der Waals surface area contributed by atoms with Crippen LogP contribution in [-0.4, -0.2) is 17.2 Å². The summed E-state index contributed by atoms with van der Waals surface area (Å²) in [5.74, 6) is -0.580. The van der Waals surface area contributed by atoms with Gasteiger partial charge in [0.15, 0.2) is 0 Å². The van der Waals surface area contributed by atoms with Gasteiger partial charge in [0.2, 0.25) is 0 Å². The van der Waals surface area contributed by atoms with Crippen molar-refractivity contribution in [1.82, 2.24) is 0 Å². The molecule has 0 atom stereocenters. The zero-order valence-corrected chi connectivity index (χ0v) is 14.5. The van der Waals surface area contributed by atoms with Crippen LogP contribution in [0.1, 0.15) is 43.7 Å². The Bertz CT molecular complexity index is 806. The summed E-state index contributed by atoms with van der Waals surface area (Å²) in [4.78, 5) is 10.8. The van der Waals surface area contributed by atoms with E-state index in [4.69, 9.17) is 9.84 Å². The zero-order valence-electron chi connectivity index (χ0n) is 14.5. The second-order valence-corrected chi connectivity index (χ2v) is 7.06. The number of alkyl halides is 3. The van der Waals surface area contributed by atoms with Gasteiger partial charge < -0.3 is 9.84 Å². The van der Waals surface area contributed by atoms with Crippen molar-refractivity contribution in [3.63, 3.8) is 0 Å². The molecule has 1 N–H and O–H groups in total.